The van der Waals surface area contributed by atoms with Gasteiger partial charge in [-0.3, -0.25) is 24.0 Å². The Labute approximate surface area is 176 Å². The van der Waals surface area contributed by atoms with E-state index in [1.165, 1.54) is 0 Å². The fraction of sp³-hybridized carbons (Fsp3) is 0.625. The number of rotatable bonds is 13. The van der Waals surface area contributed by atoms with Crippen LogP contribution < -0.4 is 27.4 Å². The third-order valence-corrected chi connectivity index (χ3v) is 3.88. The van der Waals surface area contributed by atoms with Gasteiger partial charge in [0.25, 0.3) is 0 Å². The molecule has 0 rings (SSSR count). The third kappa shape index (κ3) is 9.83. The molecule has 6 atom stereocenters. The zero-order valence-corrected chi connectivity index (χ0v) is 16.8. The number of hydrogen-bond donors (Lipinski definition) is 9. The van der Waals surface area contributed by atoms with Gasteiger partial charge in [0.05, 0.1) is 31.1 Å². The molecule has 0 aromatic heterocycles. The van der Waals surface area contributed by atoms with E-state index >= 15 is 0 Å². The molecule has 0 aromatic carbocycles. The highest BCUT2D eigenvalue weighted by molar-refractivity contribution is 5.95. The number of aliphatic hydroxyl groups is 2. The van der Waals surface area contributed by atoms with E-state index in [0.717, 1.165) is 13.8 Å². The van der Waals surface area contributed by atoms with Crippen LogP contribution in [0.1, 0.15) is 26.7 Å². The molecule has 0 aliphatic carbocycles. The van der Waals surface area contributed by atoms with E-state index in [1.54, 1.807) is 0 Å². The summed E-state index contributed by atoms with van der Waals surface area (Å²) in [6, 6.07) is -6.70. The summed E-state index contributed by atoms with van der Waals surface area (Å²) in [4.78, 5) is 69.4. The number of carboxylic acid groups (broad SMARTS) is 2. The topological polar surface area (TPSA) is 271 Å². The van der Waals surface area contributed by atoms with Gasteiger partial charge in [0, 0.05) is 0 Å². The summed E-state index contributed by atoms with van der Waals surface area (Å²) in [5, 5.41) is 43.3. The standard InChI is InChI=1S/C16H27N5O10/c1-5(22)11(14(28)19-8(16(30)31)4-9(18)24)21-15(29)12(6(2)23)20-13(27)7(17)3-10(25)26/h5-8,11-12,22-23H,3-4,17H2,1-2H3,(H2,18,24)(H,19,28)(H,20,27)(H,21,29)(H,25,26)(H,30,31). The number of carboxylic acids is 2. The molecule has 0 spiro atoms. The average molecular weight is 449 g/mol. The van der Waals surface area contributed by atoms with Crippen LogP contribution in [0.5, 0.6) is 0 Å². The zero-order valence-electron chi connectivity index (χ0n) is 16.8. The highest BCUT2D eigenvalue weighted by Gasteiger charge is 2.34. The van der Waals surface area contributed by atoms with E-state index in [-0.39, 0.29) is 0 Å². The van der Waals surface area contributed by atoms with Crippen molar-refractivity contribution in [1.29, 1.82) is 0 Å². The molecule has 0 aromatic rings. The van der Waals surface area contributed by atoms with Crippen molar-refractivity contribution in [3.8, 4) is 0 Å². The zero-order chi connectivity index (χ0) is 24.5. The summed E-state index contributed by atoms with van der Waals surface area (Å²) in [6.45, 7) is 2.20. The van der Waals surface area contributed by atoms with Gasteiger partial charge in [-0.25, -0.2) is 4.79 Å². The van der Waals surface area contributed by atoms with Crippen molar-refractivity contribution in [3.63, 3.8) is 0 Å². The van der Waals surface area contributed by atoms with Gasteiger partial charge in [-0.15, -0.1) is 0 Å². The van der Waals surface area contributed by atoms with E-state index in [1.807, 2.05) is 16.0 Å². The van der Waals surface area contributed by atoms with E-state index in [0.29, 0.717) is 0 Å². The number of carbonyl (C=O) groups is 6. The average Bonchev–Trinajstić information content (AvgIpc) is 2.61. The van der Waals surface area contributed by atoms with Crippen LogP contribution >= 0.6 is 0 Å². The molecule has 0 saturated carbocycles. The molecule has 4 amide bonds. The van der Waals surface area contributed by atoms with Crippen molar-refractivity contribution < 1.29 is 49.2 Å². The molecule has 0 bridgehead atoms. The molecule has 0 aliphatic rings. The lowest BCUT2D eigenvalue weighted by molar-refractivity contribution is -0.144. The Morgan fingerprint density at radius 1 is 0.774 bits per heavy atom. The van der Waals surface area contributed by atoms with Gasteiger partial charge in [0.15, 0.2) is 0 Å². The first-order valence-corrected chi connectivity index (χ1v) is 8.93. The Balaban J connectivity index is 5.38. The molecule has 6 unspecified atom stereocenters. The number of primary amides is 1. The minimum Gasteiger partial charge on any atom is -0.481 e. The fourth-order valence-corrected chi connectivity index (χ4v) is 2.26. The molecule has 0 heterocycles. The van der Waals surface area contributed by atoms with E-state index < -0.39 is 84.8 Å². The third-order valence-electron chi connectivity index (χ3n) is 3.88. The molecular weight excluding hydrogens is 422 g/mol. The minimum absolute atomic E-state index is 0.755. The number of aliphatic carboxylic acids is 2. The first-order chi connectivity index (χ1) is 14.2. The van der Waals surface area contributed by atoms with Crippen LogP contribution in [0.4, 0.5) is 0 Å². The quantitative estimate of drug-likeness (QED) is 0.128. The minimum atomic E-state index is -1.74. The molecular formula is C16H27N5O10. The summed E-state index contributed by atoms with van der Waals surface area (Å²) in [7, 11) is 0. The molecule has 0 aliphatic heterocycles. The van der Waals surface area contributed by atoms with Gasteiger partial charge >= 0.3 is 11.9 Å². The van der Waals surface area contributed by atoms with Crippen molar-refractivity contribution in [2.45, 2.75) is 63.1 Å². The maximum absolute atomic E-state index is 12.5. The van der Waals surface area contributed by atoms with E-state index in [4.69, 9.17) is 21.7 Å². The summed E-state index contributed by atoms with van der Waals surface area (Å²) in [5.41, 5.74) is 10.3. The van der Waals surface area contributed by atoms with E-state index in [9.17, 15) is 39.0 Å². The Bertz CT molecular complexity index is 711. The van der Waals surface area contributed by atoms with Crippen molar-refractivity contribution in [1.82, 2.24) is 16.0 Å². The smallest absolute Gasteiger partial charge is 0.326 e. The largest absolute Gasteiger partial charge is 0.481 e. The maximum Gasteiger partial charge on any atom is 0.326 e. The number of nitrogens with two attached hydrogens (primary N) is 2. The van der Waals surface area contributed by atoms with Gasteiger partial charge in [-0.05, 0) is 13.8 Å². The van der Waals surface area contributed by atoms with Gasteiger partial charge in [0.1, 0.15) is 18.1 Å². The second-order valence-corrected chi connectivity index (χ2v) is 6.73. The van der Waals surface area contributed by atoms with E-state index in [2.05, 4.69) is 0 Å². The van der Waals surface area contributed by atoms with Crippen molar-refractivity contribution in [3.05, 3.63) is 0 Å². The molecule has 0 saturated heterocycles. The van der Waals surface area contributed by atoms with Gasteiger partial charge < -0.3 is 47.8 Å². The number of carbonyl (C=O) groups excluding carboxylic acids is 4. The lowest BCUT2D eigenvalue weighted by atomic mass is 10.1. The summed E-state index contributed by atoms with van der Waals surface area (Å²) >= 11 is 0. The number of nitrogens with one attached hydrogen (secondary N) is 3. The molecule has 176 valence electrons. The van der Waals surface area contributed by atoms with Crippen LogP contribution in [-0.2, 0) is 28.8 Å². The van der Waals surface area contributed by atoms with Crippen LogP contribution in [0.25, 0.3) is 0 Å². The first kappa shape index (κ1) is 27.7. The lowest BCUT2D eigenvalue weighted by Crippen LogP contribution is -2.62. The number of amides is 4. The number of hydrogen-bond acceptors (Lipinski definition) is 9. The highest BCUT2D eigenvalue weighted by Crippen LogP contribution is 2.02. The highest BCUT2D eigenvalue weighted by atomic mass is 16.4. The SMILES string of the molecule is CC(O)C(NC(=O)C(N)CC(=O)O)C(=O)NC(C(=O)NC(CC(N)=O)C(=O)O)C(C)O. The Kier molecular flexibility index (Phi) is 11.1. The van der Waals surface area contributed by atoms with Crippen LogP contribution in [0, 0.1) is 0 Å². The molecule has 0 fully saturated rings. The molecule has 0 radical (unpaired) electrons. The van der Waals surface area contributed by atoms with Crippen LogP contribution in [-0.4, -0.2) is 92.4 Å². The van der Waals surface area contributed by atoms with Crippen LogP contribution in [0.2, 0.25) is 0 Å². The van der Waals surface area contributed by atoms with Crippen molar-refractivity contribution in [2.24, 2.45) is 11.5 Å². The van der Waals surface area contributed by atoms with Gasteiger partial charge in [-0.2, -0.15) is 0 Å². The fourth-order valence-electron chi connectivity index (χ4n) is 2.26. The van der Waals surface area contributed by atoms with Crippen LogP contribution in [0.3, 0.4) is 0 Å². The molecule has 31 heavy (non-hydrogen) atoms. The Morgan fingerprint density at radius 3 is 1.55 bits per heavy atom. The van der Waals surface area contributed by atoms with Crippen LogP contribution in [0.15, 0.2) is 0 Å². The summed E-state index contributed by atoms with van der Waals surface area (Å²) in [5.74, 6) is -7.42. The predicted molar refractivity (Wildman–Crippen MR) is 101 cm³/mol. The summed E-state index contributed by atoms with van der Waals surface area (Å²) < 4.78 is 0. The molecule has 11 N–H and O–H groups in total. The first-order valence-electron chi connectivity index (χ1n) is 8.93. The predicted octanol–water partition coefficient (Wildman–Crippen LogP) is -5.04. The second-order valence-electron chi connectivity index (χ2n) is 6.73. The molecule has 15 heteroatoms. The van der Waals surface area contributed by atoms with Crippen molar-refractivity contribution in [2.75, 3.05) is 0 Å². The normalized spacial score (nSPS) is 16.5. The maximum atomic E-state index is 12.5. The monoisotopic (exact) mass is 449 g/mol. The Morgan fingerprint density at radius 2 is 1.19 bits per heavy atom. The summed E-state index contributed by atoms with van der Waals surface area (Å²) in [6.07, 6.45) is -4.60. The number of aliphatic hydroxyl groups excluding tert-OH is 2. The second kappa shape index (κ2) is 12.4. The lowest BCUT2D eigenvalue weighted by Gasteiger charge is -2.27. The van der Waals surface area contributed by atoms with Gasteiger partial charge in [0.2, 0.25) is 23.6 Å². The Hall–Kier alpha value is -3.30. The van der Waals surface area contributed by atoms with Gasteiger partial charge in [-0.1, -0.05) is 0 Å². The van der Waals surface area contributed by atoms with Crippen molar-refractivity contribution >= 4 is 35.6 Å². The molecule has 15 nitrogen and oxygen atoms in total.